The minimum absolute atomic E-state index is 0.152. The summed E-state index contributed by atoms with van der Waals surface area (Å²) in [5, 5.41) is 0. The van der Waals surface area contributed by atoms with Crippen LogP contribution in [0.4, 0.5) is 0 Å². The van der Waals surface area contributed by atoms with E-state index >= 15 is 0 Å². The monoisotopic (exact) mass is 432 g/mol. The van der Waals surface area contributed by atoms with Crippen molar-refractivity contribution in [3.63, 3.8) is 0 Å². The summed E-state index contributed by atoms with van der Waals surface area (Å²) >= 11 is 0. The normalized spacial score (nSPS) is 14.2. The fourth-order valence-corrected chi connectivity index (χ4v) is 38.4. The lowest BCUT2D eigenvalue weighted by atomic mass is 9.73. The molecule has 3 heteroatoms. The van der Waals surface area contributed by atoms with Gasteiger partial charge in [0, 0.05) is 0 Å². The highest BCUT2D eigenvalue weighted by Gasteiger charge is 2.34. The minimum atomic E-state index is -1.21. The molecule has 0 unspecified atom stereocenters. The van der Waals surface area contributed by atoms with Gasteiger partial charge in [-0.3, -0.25) is 0 Å². The summed E-state index contributed by atoms with van der Waals surface area (Å²) in [6, 6.07) is 5.07. The molecule has 1 rings (SSSR count). The van der Waals surface area contributed by atoms with Crippen LogP contribution in [0.2, 0.25) is 39.3 Å². The summed E-state index contributed by atoms with van der Waals surface area (Å²) in [6.07, 6.45) is 0. The molecular formula is C25H48Si3. The van der Waals surface area contributed by atoms with Crippen molar-refractivity contribution < 1.29 is 0 Å². The van der Waals surface area contributed by atoms with E-state index in [0.717, 1.165) is 0 Å². The zero-order valence-corrected chi connectivity index (χ0v) is 24.7. The molecule has 0 atom stereocenters. The van der Waals surface area contributed by atoms with E-state index in [9.17, 15) is 0 Å². The molecule has 0 aliphatic rings. The Morgan fingerprint density at radius 2 is 0.929 bits per heavy atom. The number of hydrogen-bond acceptors (Lipinski definition) is 0. The SMILES string of the molecule is CC(C)(C)c1cc(C(C)(C)C)c(C=[Si]([Si](C)(C)C)[Si](C)(C)C)c(C(C)(C)C)c1. The lowest BCUT2D eigenvalue weighted by Crippen LogP contribution is -2.54. The van der Waals surface area contributed by atoms with E-state index in [2.05, 4.69) is 119 Å². The number of benzene rings is 1. The maximum atomic E-state index is 2.84. The van der Waals surface area contributed by atoms with Gasteiger partial charge in [-0.15, -0.1) is 0 Å². The minimum Gasteiger partial charge on any atom is -0.0797 e. The Morgan fingerprint density at radius 3 is 1.14 bits per heavy atom. The average molecular weight is 433 g/mol. The van der Waals surface area contributed by atoms with Gasteiger partial charge >= 0.3 is 0 Å². The molecule has 0 bridgehead atoms. The van der Waals surface area contributed by atoms with Crippen LogP contribution in [0.25, 0.3) is 0 Å². The lowest BCUT2D eigenvalue weighted by Gasteiger charge is -2.35. The van der Waals surface area contributed by atoms with E-state index in [-0.39, 0.29) is 16.2 Å². The molecule has 0 aromatic heterocycles. The molecule has 0 amide bonds. The third-order valence-electron chi connectivity index (χ3n) is 5.57. The van der Waals surface area contributed by atoms with Crippen molar-refractivity contribution in [1.82, 2.24) is 0 Å². The summed E-state index contributed by atoms with van der Waals surface area (Å²) in [5.41, 5.74) is 9.51. The first-order valence-corrected chi connectivity index (χ1v) is 21.6. The average Bonchev–Trinajstić information content (AvgIpc) is 2.38. The highest BCUT2D eigenvalue weighted by molar-refractivity contribution is 7.60. The van der Waals surface area contributed by atoms with Crippen LogP contribution in [-0.4, -0.2) is 28.3 Å². The second-order valence-corrected chi connectivity index (χ2v) is 37.6. The molecule has 0 heterocycles. The quantitative estimate of drug-likeness (QED) is 0.430. The summed E-state index contributed by atoms with van der Waals surface area (Å²) in [4.78, 5) is 0. The topological polar surface area (TPSA) is 0 Å². The van der Waals surface area contributed by atoms with Crippen molar-refractivity contribution in [3.05, 3.63) is 34.4 Å². The van der Waals surface area contributed by atoms with Crippen molar-refractivity contribution in [3.8, 4) is 0 Å². The Balaban J connectivity index is 4.14. The molecule has 1 aromatic rings. The van der Waals surface area contributed by atoms with E-state index in [1.165, 1.54) is 5.56 Å². The Kier molecular flexibility index (Phi) is 7.16. The molecule has 0 spiro atoms. The molecule has 0 aliphatic carbocycles. The molecule has 0 N–H and O–H groups in total. The van der Waals surface area contributed by atoms with Gasteiger partial charge < -0.3 is 0 Å². The maximum absolute atomic E-state index is 2.84. The lowest BCUT2D eigenvalue weighted by molar-refractivity contribution is 0.547. The Morgan fingerprint density at radius 1 is 0.607 bits per heavy atom. The fraction of sp³-hybridized carbons (Fsp3) is 0.720. The molecule has 1 aromatic carbocycles. The van der Waals surface area contributed by atoms with Crippen molar-refractivity contribution in [2.45, 2.75) is 118 Å². The van der Waals surface area contributed by atoms with Gasteiger partial charge in [0.05, 0.1) is 15.2 Å². The summed E-state index contributed by atoms with van der Waals surface area (Å²) in [5.74, 6) is 0. The molecule has 160 valence electrons. The number of hydrogen-bond donors (Lipinski definition) is 0. The molecule has 0 nitrogen and oxygen atoms in total. The zero-order valence-electron chi connectivity index (χ0n) is 21.7. The van der Waals surface area contributed by atoms with E-state index in [1.807, 2.05) is 0 Å². The first-order chi connectivity index (χ1) is 12.1. The van der Waals surface area contributed by atoms with Gasteiger partial charge in [-0.1, -0.05) is 119 Å². The van der Waals surface area contributed by atoms with Crippen LogP contribution in [0.5, 0.6) is 0 Å². The van der Waals surface area contributed by atoms with Crippen LogP contribution in [-0.2, 0) is 16.2 Å². The summed E-state index contributed by atoms with van der Waals surface area (Å²) in [7, 11) is -2.91. The van der Waals surface area contributed by atoms with Crippen LogP contribution in [0.15, 0.2) is 12.1 Å². The Labute approximate surface area is 180 Å². The molecule has 0 aliphatic heterocycles. The van der Waals surface area contributed by atoms with Gasteiger partial charge in [0.2, 0.25) is 0 Å². The molecule has 0 saturated carbocycles. The molecule has 28 heavy (non-hydrogen) atoms. The molecular weight excluding hydrogens is 385 g/mol. The zero-order chi connectivity index (χ0) is 22.5. The molecule has 0 radical (unpaired) electrons. The van der Waals surface area contributed by atoms with Crippen molar-refractivity contribution in [2.75, 3.05) is 0 Å². The second kappa shape index (κ2) is 7.77. The highest BCUT2D eigenvalue weighted by atomic mass is 29.6. The Bertz CT molecular complexity index is 683. The summed E-state index contributed by atoms with van der Waals surface area (Å²) in [6.45, 7) is 37.1. The Hall–Kier alpha value is -0.259. The van der Waals surface area contributed by atoms with Crippen LogP contribution < -0.4 is 0 Å². The van der Waals surface area contributed by atoms with Crippen molar-refractivity contribution in [2.24, 2.45) is 0 Å². The van der Waals surface area contributed by atoms with Crippen LogP contribution in [0, 0.1) is 0 Å². The van der Waals surface area contributed by atoms with Gasteiger partial charge in [0.25, 0.3) is 0 Å². The van der Waals surface area contributed by atoms with E-state index in [0.29, 0.717) is 0 Å². The first-order valence-electron chi connectivity index (χ1n) is 11.0. The third kappa shape index (κ3) is 6.37. The van der Waals surface area contributed by atoms with Gasteiger partial charge in [-0.2, -0.15) is 0 Å². The van der Waals surface area contributed by atoms with Gasteiger partial charge in [-0.05, 0) is 45.9 Å². The second-order valence-electron chi connectivity index (χ2n) is 13.8. The van der Waals surface area contributed by atoms with Gasteiger partial charge in [-0.25, -0.2) is 0 Å². The predicted octanol–water partition coefficient (Wildman–Crippen LogP) is 7.64. The largest absolute Gasteiger partial charge is 0.0797 e. The van der Waals surface area contributed by atoms with Crippen LogP contribution in [0.3, 0.4) is 0 Å². The van der Waals surface area contributed by atoms with Crippen molar-refractivity contribution in [1.29, 1.82) is 0 Å². The van der Waals surface area contributed by atoms with Crippen molar-refractivity contribution >= 4 is 28.3 Å². The fourth-order valence-electron chi connectivity index (χ4n) is 4.19. The number of rotatable bonds is 3. The standard InChI is InChI=1S/C25H48Si3/c1-23(2,3)19-16-21(24(4,5)6)20(22(17-19)25(7,8)9)18-26(27(10,11)12)28(13,14)15/h16-18H,1-15H3. The summed E-state index contributed by atoms with van der Waals surface area (Å²) < 4.78 is 0. The van der Waals surface area contributed by atoms with Gasteiger partial charge in [0.1, 0.15) is 0 Å². The molecule has 0 fully saturated rings. The van der Waals surface area contributed by atoms with Crippen LogP contribution in [0.1, 0.15) is 84.6 Å². The highest BCUT2D eigenvalue weighted by Crippen LogP contribution is 2.37. The maximum Gasteiger partial charge on any atom is 0.0521 e. The molecule has 0 saturated heterocycles. The van der Waals surface area contributed by atoms with E-state index in [4.69, 9.17) is 0 Å². The first kappa shape index (κ1) is 25.8. The van der Waals surface area contributed by atoms with Crippen LogP contribution >= 0.6 is 0 Å². The third-order valence-corrected chi connectivity index (χ3v) is 33.4. The van der Waals surface area contributed by atoms with Gasteiger partial charge in [0.15, 0.2) is 0 Å². The smallest absolute Gasteiger partial charge is 0.0521 e. The van der Waals surface area contributed by atoms with E-state index < -0.39 is 22.6 Å². The predicted molar refractivity (Wildman–Crippen MR) is 140 cm³/mol. The van der Waals surface area contributed by atoms with E-state index in [1.54, 1.807) is 16.7 Å².